The number of benzene rings is 2. The summed E-state index contributed by atoms with van der Waals surface area (Å²) in [6.07, 6.45) is 6.54. The first-order valence-electron chi connectivity index (χ1n) is 9.21. The predicted molar refractivity (Wildman–Crippen MR) is 103 cm³/mol. The van der Waals surface area contributed by atoms with Gasteiger partial charge in [-0.05, 0) is 67.9 Å². The minimum absolute atomic E-state index is 0.223. The van der Waals surface area contributed by atoms with Crippen LogP contribution in [0.4, 0.5) is 0 Å². The molecule has 0 amide bonds. The van der Waals surface area contributed by atoms with Gasteiger partial charge in [0.25, 0.3) is 0 Å². The number of aromatic nitrogens is 1. The first-order chi connectivity index (χ1) is 12.2. The number of methoxy groups -OCH3 is 1. The van der Waals surface area contributed by atoms with Crippen LogP contribution in [-0.4, -0.2) is 12.1 Å². The van der Waals surface area contributed by atoms with Crippen molar-refractivity contribution in [2.24, 2.45) is 5.73 Å². The number of hydrogen-bond donors (Lipinski definition) is 2. The number of ether oxygens (including phenoxy) is 1. The molecule has 4 rings (SSSR count). The van der Waals surface area contributed by atoms with Crippen molar-refractivity contribution < 1.29 is 4.74 Å². The molecular formula is C22H26N2O. The zero-order valence-corrected chi connectivity index (χ0v) is 14.8. The third kappa shape index (κ3) is 3.05. The largest absolute Gasteiger partial charge is 0.497 e. The van der Waals surface area contributed by atoms with Crippen LogP contribution >= 0.6 is 0 Å². The molecule has 1 aromatic heterocycles. The second-order valence-corrected chi connectivity index (χ2v) is 7.24. The van der Waals surface area contributed by atoms with Crippen molar-refractivity contribution >= 4 is 10.9 Å². The van der Waals surface area contributed by atoms with E-state index in [0.29, 0.717) is 0 Å². The lowest BCUT2D eigenvalue weighted by molar-refractivity contribution is 0.330. The number of para-hydroxylation sites is 1. The zero-order valence-electron chi connectivity index (χ0n) is 14.8. The first kappa shape index (κ1) is 16.2. The SMILES string of the molecule is COc1ccc(CCCC2(N)CCCc3c2[nH]c2ccccc32)cc1. The van der Waals surface area contributed by atoms with Crippen LogP contribution in [0.3, 0.4) is 0 Å². The molecule has 1 aliphatic rings. The maximum Gasteiger partial charge on any atom is 0.118 e. The van der Waals surface area contributed by atoms with Crippen LogP contribution in [0.5, 0.6) is 5.75 Å². The summed E-state index contributed by atoms with van der Waals surface area (Å²) in [5, 5.41) is 1.35. The van der Waals surface area contributed by atoms with Gasteiger partial charge in [-0.1, -0.05) is 30.3 Å². The summed E-state index contributed by atoms with van der Waals surface area (Å²) in [6, 6.07) is 16.9. The second-order valence-electron chi connectivity index (χ2n) is 7.24. The second kappa shape index (κ2) is 6.57. The molecule has 130 valence electrons. The lowest BCUT2D eigenvalue weighted by Crippen LogP contribution is -2.40. The van der Waals surface area contributed by atoms with Crippen LogP contribution < -0.4 is 10.5 Å². The minimum Gasteiger partial charge on any atom is -0.497 e. The summed E-state index contributed by atoms with van der Waals surface area (Å²) in [7, 11) is 1.70. The molecule has 0 fully saturated rings. The number of aryl methyl sites for hydroxylation is 2. The van der Waals surface area contributed by atoms with Crippen molar-refractivity contribution in [3.8, 4) is 5.75 Å². The average molecular weight is 334 g/mol. The van der Waals surface area contributed by atoms with Gasteiger partial charge in [0.2, 0.25) is 0 Å². The van der Waals surface area contributed by atoms with Gasteiger partial charge in [0.1, 0.15) is 5.75 Å². The fourth-order valence-corrected chi connectivity index (χ4v) is 4.24. The van der Waals surface area contributed by atoms with Crippen molar-refractivity contribution in [3.63, 3.8) is 0 Å². The number of rotatable bonds is 5. The Morgan fingerprint density at radius 2 is 1.92 bits per heavy atom. The highest BCUT2D eigenvalue weighted by Gasteiger charge is 2.34. The van der Waals surface area contributed by atoms with Crippen molar-refractivity contribution in [3.05, 3.63) is 65.4 Å². The Balaban J connectivity index is 1.50. The van der Waals surface area contributed by atoms with Gasteiger partial charge in [-0.3, -0.25) is 0 Å². The molecule has 3 N–H and O–H groups in total. The molecule has 1 aliphatic carbocycles. The smallest absolute Gasteiger partial charge is 0.118 e. The Hall–Kier alpha value is -2.26. The first-order valence-corrected chi connectivity index (χ1v) is 9.21. The molecule has 0 aliphatic heterocycles. The molecule has 1 heterocycles. The Kier molecular flexibility index (Phi) is 4.26. The molecule has 3 heteroatoms. The Bertz CT molecular complexity index is 865. The Labute approximate surface area is 149 Å². The highest BCUT2D eigenvalue weighted by molar-refractivity contribution is 5.85. The quantitative estimate of drug-likeness (QED) is 0.711. The van der Waals surface area contributed by atoms with E-state index in [1.54, 1.807) is 7.11 Å². The van der Waals surface area contributed by atoms with Crippen molar-refractivity contribution in [1.29, 1.82) is 0 Å². The van der Waals surface area contributed by atoms with Crippen LogP contribution in [0.15, 0.2) is 48.5 Å². The molecule has 0 bridgehead atoms. The summed E-state index contributed by atoms with van der Waals surface area (Å²) < 4.78 is 5.23. The standard InChI is InChI=1S/C22H26N2O/c1-25-17-12-10-16(11-13-17)6-4-14-22(23)15-5-8-19-18-7-2-3-9-20(18)24-21(19)22/h2-3,7,9-13,24H,4-6,8,14-15,23H2,1H3. The van der Waals surface area contributed by atoms with Crippen LogP contribution in [0.1, 0.15) is 42.5 Å². The van der Waals surface area contributed by atoms with E-state index in [2.05, 4.69) is 41.4 Å². The van der Waals surface area contributed by atoms with E-state index in [4.69, 9.17) is 10.5 Å². The number of aromatic amines is 1. The molecule has 0 saturated carbocycles. The van der Waals surface area contributed by atoms with E-state index in [0.717, 1.165) is 37.9 Å². The van der Waals surface area contributed by atoms with Crippen LogP contribution in [0.2, 0.25) is 0 Å². The highest BCUT2D eigenvalue weighted by Crippen LogP contribution is 2.40. The molecule has 1 unspecified atom stereocenters. The third-order valence-corrected chi connectivity index (χ3v) is 5.61. The van der Waals surface area contributed by atoms with Crippen LogP contribution in [0.25, 0.3) is 10.9 Å². The van der Waals surface area contributed by atoms with Gasteiger partial charge < -0.3 is 15.5 Å². The lowest BCUT2D eigenvalue weighted by atomic mass is 9.77. The molecule has 0 saturated heterocycles. The van der Waals surface area contributed by atoms with E-state index in [-0.39, 0.29) is 5.54 Å². The molecule has 0 radical (unpaired) electrons. The monoisotopic (exact) mass is 334 g/mol. The molecule has 0 spiro atoms. The van der Waals surface area contributed by atoms with Gasteiger partial charge in [0.15, 0.2) is 0 Å². The predicted octanol–water partition coefficient (Wildman–Crippen LogP) is 4.69. The van der Waals surface area contributed by atoms with E-state index in [9.17, 15) is 0 Å². The summed E-state index contributed by atoms with van der Waals surface area (Å²) in [5.74, 6) is 0.911. The van der Waals surface area contributed by atoms with Crippen molar-refractivity contribution in [2.45, 2.75) is 44.1 Å². The van der Waals surface area contributed by atoms with Gasteiger partial charge in [-0.15, -0.1) is 0 Å². The Morgan fingerprint density at radius 3 is 2.72 bits per heavy atom. The third-order valence-electron chi connectivity index (χ3n) is 5.61. The molecule has 1 atom stereocenters. The van der Waals surface area contributed by atoms with E-state index in [1.807, 2.05) is 12.1 Å². The van der Waals surface area contributed by atoms with Gasteiger partial charge in [0, 0.05) is 16.6 Å². The fourth-order valence-electron chi connectivity index (χ4n) is 4.24. The summed E-state index contributed by atoms with van der Waals surface area (Å²) in [6.45, 7) is 0. The van der Waals surface area contributed by atoms with E-state index < -0.39 is 0 Å². The molecule has 3 nitrogen and oxygen atoms in total. The van der Waals surface area contributed by atoms with E-state index in [1.165, 1.54) is 34.1 Å². The van der Waals surface area contributed by atoms with Crippen LogP contribution in [-0.2, 0) is 18.4 Å². The minimum atomic E-state index is -0.223. The van der Waals surface area contributed by atoms with Gasteiger partial charge >= 0.3 is 0 Å². The molecule has 3 aromatic rings. The zero-order chi connectivity index (χ0) is 17.3. The van der Waals surface area contributed by atoms with Gasteiger partial charge in [0.05, 0.1) is 12.6 Å². The van der Waals surface area contributed by atoms with Crippen molar-refractivity contribution in [1.82, 2.24) is 4.98 Å². The topological polar surface area (TPSA) is 51.0 Å². The summed E-state index contributed by atoms with van der Waals surface area (Å²) in [5.41, 5.74) is 11.9. The fraction of sp³-hybridized carbons (Fsp3) is 0.364. The van der Waals surface area contributed by atoms with Crippen molar-refractivity contribution in [2.75, 3.05) is 7.11 Å². The maximum atomic E-state index is 6.89. The number of hydrogen-bond acceptors (Lipinski definition) is 2. The number of nitrogens with one attached hydrogen (secondary N) is 1. The average Bonchev–Trinajstić information content (AvgIpc) is 3.03. The highest BCUT2D eigenvalue weighted by atomic mass is 16.5. The van der Waals surface area contributed by atoms with E-state index >= 15 is 0 Å². The van der Waals surface area contributed by atoms with Gasteiger partial charge in [-0.2, -0.15) is 0 Å². The number of fused-ring (bicyclic) bond motifs is 3. The number of nitrogens with two attached hydrogens (primary N) is 1. The normalized spacial score (nSPS) is 19.8. The maximum absolute atomic E-state index is 6.89. The number of H-pyrrole nitrogens is 1. The lowest BCUT2D eigenvalue weighted by Gasteiger charge is -2.34. The van der Waals surface area contributed by atoms with Gasteiger partial charge in [-0.25, -0.2) is 0 Å². The molecular weight excluding hydrogens is 308 g/mol. The Morgan fingerprint density at radius 1 is 1.12 bits per heavy atom. The summed E-state index contributed by atoms with van der Waals surface area (Å²) >= 11 is 0. The van der Waals surface area contributed by atoms with Crippen LogP contribution in [0, 0.1) is 0 Å². The molecule has 25 heavy (non-hydrogen) atoms. The molecule has 2 aromatic carbocycles. The summed E-state index contributed by atoms with van der Waals surface area (Å²) in [4.78, 5) is 3.63.